The maximum atomic E-state index is 13.5. The molecule has 2 aromatic carbocycles. The maximum absolute atomic E-state index is 13.5. The van der Waals surface area contributed by atoms with Crippen LogP contribution in [0.25, 0.3) is 0 Å². The van der Waals surface area contributed by atoms with E-state index in [4.69, 9.17) is 0 Å². The number of nitrogens with one attached hydrogen (secondary N) is 1. The first-order chi connectivity index (χ1) is 11.0. The average Bonchev–Trinajstić information content (AvgIpc) is 2.55. The highest BCUT2D eigenvalue weighted by Gasteiger charge is 2.17. The lowest BCUT2D eigenvalue weighted by atomic mass is 9.92. The fraction of sp³-hybridized carbons (Fsp3) is 0.333. The predicted molar refractivity (Wildman–Crippen MR) is 88.2 cm³/mol. The minimum atomic E-state index is -3.59. The second-order valence-corrected chi connectivity index (χ2v) is 7.81. The monoisotopic (exact) mass is 333 g/mol. The van der Waals surface area contributed by atoms with Gasteiger partial charge in [0.25, 0.3) is 0 Å². The standard InChI is InChI=1S/C18H20FNO2S/c1-13-6-7-14(10-18(13)19)12-20-23(21,22)17-9-8-15-4-2-3-5-16(15)11-17/h6-11,20H,2-5,12H2,1H3. The van der Waals surface area contributed by atoms with Crippen LogP contribution in [0.3, 0.4) is 0 Å². The summed E-state index contributed by atoms with van der Waals surface area (Å²) < 4.78 is 41.0. The van der Waals surface area contributed by atoms with Gasteiger partial charge >= 0.3 is 0 Å². The van der Waals surface area contributed by atoms with Gasteiger partial charge in [-0.2, -0.15) is 0 Å². The minimum Gasteiger partial charge on any atom is -0.207 e. The van der Waals surface area contributed by atoms with E-state index in [1.807, 2.05) is 6.07 Å². The Morgan fingerprint density at radius 2 is 1.78 bits per heavy atom. The van der Waals surface area contributed by atoms with Crippen molar-refractivity contribution in [3.05, 3.63) is 64.5 Å². The summed E-state index contributed by atoms with van der Waals surface area (Å²) in [6.45, 7) is 1.76. The van der Waals surface area contributed by atoms with Gasteiger partial charge < -0.3 is 0 Å². The summed E-state index contributed by atoms with van der Waals surface area (Å²) in [6, 6.07) is 10.1. The lowest BCUT2D eigenvalue weighted by Crippen LogP contribution is -2.23. The van der Waals surface area contributed by atoms with Crippen LogP contribution in [0.15, 0.2) is 41.3 Å². The molecule has 2 aromatic rings. The first kappa shape index (κ1) is 16.1. The molecule has 0 aromatic heterocycles. The van der Waals surface area contributed by atoms with E-state index < -0.39 is 10.0 Å². The Morgan fingerprint density at radius 3 is 2.52 bits per heavy atom. The number of sulfonamides is 1. The molecule has 0 saturated heterocycles. The van der Waals surface area contributed by atoms with Crippen molar-refractivity contribution in [3.8, 4) is 0 Å². The molecule has 0 fully saturated rings. The zero-order chi connectivity index (χ0) is 16.4. The third-order valence-electron chi connectivity index (χ3n) is 4.33. The van der Waals surface area contributed by atoms with E-state index >= 15 is 0 Å². The third-order valence-corrected chi connectivity index (χ3v) is 5.73. The summed E-state index contributed by atoms with van der Waals surface area (Å²) in [4.78, 5) is 0.283. The van der Waals surface area contributed by atoms with Crippen LogP contribution in [0.1, 0.15) is 35.1 Å². The molecule has 0 bridgehead atoms. The van der Waals surface area contributed by atoms with Crippen molar-refractivity contribution in [2.24, 2.45) is 0 Å². The molecule has 0 aliphatic heterocycles. The number of benzene rings is 2. The molecule has 3 rings (SSSR count). The van der Waals surface area contributed by atoms with Crippen molar-refractivity contribution in [1.82, 2.24) is 4.72 Å². The molecule has 0 unspecified atom stereocenters. The Kier molecular flexibility index (Phi) is 4.50. The fourth-order valence-electron chi connectivity index (χ4n) is 2.88. The van der Waals surface area contributed by atoms with Gasteiger partial charge in [-0.25, -0.2) is 17.5 Å². The van der Waals surface area contributed by atoms with Crippen LogP contribution in [0.2, 0.25) is 0 Å². The normalized spacial score (nSPS) is 14.5. The summed E-state index contributed by atoms with van der Waals surface area (Å²) in [6.07, 6.45) is 4.22. The van der Waals surface area contributed by atoms with Crippen LogP contribution in [0.4, 0.5) is 4.39 Å². The summed E-state index contributed by atoms with van der Waals surface area (Å²) in [5, 5.41) is 0. The second-order valence-electron chi connectivity index (χ2n) is 6.05. The number of aryl methyl sites for hydroxylation is 3. The molecule has 0 spiro atoms. The topological polar surface area (TPSA) is 46.2 Å². The van der Waals surface area contributed by atoms with Crippen LogP contribution < -0.4 is 4.72 Å². The predicted octanol–water partition coefficient (Wildman–Crippen LogP) is 3.49. The highest BCUT2D eigenvalue weighted by molar-refractivity contribution is 7.89. The number of hydrogen-bond acceptors (Lipinski definition) is 2. The molecule has 0 saturated carbocycles. The fourth-order valence-corrected chi connectivity index (χ4v) is 3.95. The summed E-state index contributed by atoms with van der Waals surface area (Å²) in [7, 11) is -3.59. The van der Waals surface area contributed by atoms with E-state index in [9.17, 15) is 12.8 Å². The quantitative estimate of drug-likeness (QED) is 0.931. The van der Waals surface area contributed by atoms with Gasteiger partial charge in [0, 0.05) is 6.54 Å². The van der Waals surface area contributed by atoms with Gasteiger partial charge in [-0.05, 0) is 73.1 Å². The van der Waals surface area contributed by atoms with Crippen LogP contribution in [-0.4, -0.2) is 8.42 Å². The zero-order valence-electron chi connectivity index (χ0n) is 13.1. The van der Waals surface area contributed by atoms with Crippen LogP contribution >= 0.6 is 0 Å². The molecule has 5 heteroatoms. The molecule has 3 nitrogen and oxygen atoms in total. The van der Waals surface area contributed by atoms with Crippen LogP contribution in [0, 0.1) is 12.7 Å². The van der Waals surface area contributed by atoms with Gasteiger partial charge in [-0.15, -0.1) is 0 Å². The maximum Gasteiger partial charge on any atom is 0.240 e. The molecule has 1 aliphatic carbocycles. The molecule has 0 heterocycles. The summed E-state index contributed by atoms with van der Waals surface area (Å²) in [5.41, 5.74) is 3.53. The largest absolute Gasteiger partial charge is 0.240 e. The molecule has 23 heavy (non-hydrogen) atoms. The molecular formula is C18H20FNO2S. The van der Waals surface area contributed by atoms with Gasteiger partial charge in [-0.1, -0.05) is 18.2 Å². The van der Waals surface area contributed by atoms with E-state index in [0.717, 1.165) is 31.2 Å². The van der Waals surface area contributed by atoms with Gasteiger partial charge in [0.1, 0.15) is 5.82 Å². The van der Waals surface area contributed by atoms with Crippen molar-refractivity contribution in [2.45, 2.75) is 44.0 Å². The summed E-state index contributed by atoms with van der Waals surface area (Å²) in [5.74, 6) is -0.324. The Bertz CT molecular complexity index is 831. The third kappa shape index (κ3) is 3.62. The molecule has 122 valence electrons. The second kappa shape index (κ2) is 6.42. The van der Waals surface area contributed by atoms with Crippen molar-refractivity contribution in [1.29, 1.82) is 0 Å². The zero-order valence-corrected chi connectivity index (χ0v) is 13.9. The lowest BCUT2D eigenvalue weighted by Gasteiger charge is -2.16. The van der Waals surface area contributed by atoms with Gasteiger partial charge in [-0.3, -0.25) is 0 Å². The van der Waals surface area contributed by atoms with Crippen molar-refractivity contribution < 1.29 is 12.8 Å². The molecule has 0 atom stereocenters. The van der Waals surface area contributed by atoms with E-state index in [2.05, 4.69) is 4.72 Å². The molecule has 0 radical (unpaired) electrons. The lowest BCUT2D eigenvalue weighted by molar-refractivity contribution is 0.579. The van der Waals surface area contributed by atoms with Crippen LogP contribution in [-0.2, 0) is 29.4 Å². The van der Waals surface area contributed by atoms with Crippen molar-refractivity contribution >= 4 is 10.0 Å². The number of fused-ring (bicyclic) bond motifs is 1. The Balaban J connectivity index is 1.77. The minimum absolute atomic E-state index is 0.0800. The first-order valence-corrected chi connectivity index (χ1v) is 9.30. The number of hydrogen-bond donors (Lipinski definition) is 1. The highest BCUT2D eigenvalue weighted by atomic mass is 32.2. The Labute approximate surface area is 136 Å². The summed E-state index contributed by atoms with van der Waals surface area (Å²) >= 11 is 0. The Morgan fingerprint density at radius 1 is 1.04 bits per heavy atom. The van der Waals surface area contributed by atoms with Crippen molar-refractivity contribution in [3.63, 3.8) is 0 Å². The average molecular weight is 333 g/mol. The molecule has 0 amide bonds. The van der Waals surface area contributed by atoms with E-state index in [-0.39, 0.29) is 17.3 Å². The highest BCUT2D eigenvalue weighted by Crippen LogP contribution is 2.24. The van der Waals surface area contributed by atoms with Gasteiger partial charge in [0.15, 0.2) is 0 Å². The van der Waals surface area contributed by atoms with E-state index in [0.29, 0.717) is 11.1 Å². The smallest absolute Gasteiger partial charge is 0.207 e. The van der Waals surface area contributed by atoms with Crippen LogP contribution in [0.5, 0.6) is 0 Å². The number of halogens is 1. The molecule has 1 aliphatic rings. The van der Waals surface area contributed by atoms with Gasteiger partial charge in [0.05, 0.1) is 4.90 Å². The van der Waals surface area contributed by atoms with Crippen molar-refractivity contribution in [2.75, 3.05) is 0 Å². The van der Waals surface area contributed by atoms with E-state index in [1.54, 1.807) is 31.2 Å². The SMILES string of the molecule is Cc1ccc(CNS(=O)(=O)c2ccc3c(c2)CCCC3)cc1F. The number of rotatable bonds is 4. The van der Waals surface area contributed by atoms with E-state index in [1.165, 1.54) is 11.6 Å². The Hall–Kier alpha value is -1.72. The first-order valence-electron chi connectivity index (χ1n) is 7.82. The molecule has 1 N–H and O–H groups in total. The molecular weight excluding hydrogens is 313 g/mol. The van der Waals surface area contributed by atoms with Gasteiger partial charge in [0.2, 0.25) is 10.0 Å².